The molecule has 3 rings (SSSR count). The zero-order valence-corrected chi connectivity index (χ0v) is 10.2. The molecule has 2 heterocycles. The summed E-state index contributed by atoms with van der Waals surface area (Å²) in [6.45, 7) is 8.59. The zero-order valence-electron chi connectivity index (χ0n) is 10.2. The third-order valence-corrected chi connectivity index (χ3v) is 3.56. The van der Waals surface area contributed by atoms with Crippen LogP contribution >= 0.6 is 0 Å². The topological polar surface area (TPSA) is 28.1 Å². The van der Waals surface area contributed by atoms with Gasteiger partial charge in [0, 0.05) is 28.7 Å². The van der Waals surface area contributed by atoms with E-state index in [-0.39, 0.29) is 0 Å². The third kappa shape index (κ3) is 1.10. The van der Waals surface area contributed by atoms with Crippen molar-refractivity contribution in [2.75, 3.05) is 0 Å². The Bertz CT molecular complexity index is 630. The highest BCUT2D eigenvalue weighted by Gasteiger charge is 2.20. The fourth-order valence-corrected chi connectivity index (χ4v) is 2.72. The van der Waals surface area contributed by atoms with Crippen molar-refractivity contribution >= 4 is 22.3 Å². The maximum Gasteiger partial charge on any atom is 0.0704 e. The molecule has 0 saturated heterocycles. The number of aromatic nitrogens is 1. The lowest BCUT2D eigenvalue weighted by atomic mass is 9.97. The number of H-pyrrole nitrogens is 1. The Morgan fingerprint density at radius 3 is 2.62 bits per heavy atom. The minimum Gasteiger partial charge on any atom is -0.358 e. The van der Waals surface area contributed by atoms with E-state index in [1.165, 1.54) is 44.7 Å². The smallest absolute Gasteiger partial charge is 0.0704 e. The highest BCUT2D eigenvalue weighted by Crippen LogP contribution is 2.39. The van der Waals surface area contributed by atoms with E-state index in [0.717, 1.165) is 6.42 Å². The van der Waals surface area contributed by atoms with Crippen LogP contribution in [0.25, 0.3) is 10.9 Å². The van der Waals surface area contributed by atoms with E-state index in [2.05, 4.69) is 43.7 Å². The number of nitrogens with one attached hydrogen (secondary N) is 1. The van der Waals surface area contributed by atoms with Crippen LogP contribution in [0.4, 0.5) is 5.69 Å². The highest BCUT2D eigenvalue weighted by atomic mass is 14.8. The SMILES string of the molecule is CC1=Nc2c(c(C)c3[nH]c(C)cc3c2C)C1. The van der Waals surface area contributed by atoms with Crippen molar-refractivity contribution in [3.63, 3.8) is 0 Å². The van der Waals surface area contributed by atoms with Gasteiger partial charge < -0.3 is 4.98 Å². The van der Waals surface area contributed by atoms with E-state index in [9.17, 15) is 0 Å². The minimum atomic E-state index is 1.01. The van der Waals surface area contributed by atoms with E-state index in [0.29, 0.717) is 0 Å². The largest absolute Gasteiger partial charge is 0.358 e. The number of fused-ring (bicyclic) bond motifs is 2. The molecule has 0 saturated carbocycles. The van der Waals surface area contributed by atoms with Crippen LogP contribution in [0, 0.1) is 20.8 Å². The molecule has 1 aliphatic heterocycles. The van der Waals surface area contributed by atoms with Crippen molar-refractivity contribution in [3.8, 4) is 0 Å². The maximum absolute atomic E-state index is 4.67. The van der Waals surface area contributed by atoms with Crippen LogP contribution in [0.5, 0.6) is 0 Å². The average Bonchev–Trinajstić information content (AvgIpc) is 2.78. The number of hydrogen-bond donors (Lipinski definition) is 1. The summed E-state index contributed by atoms with van der Waals surface area (Å²) in [5, 5.41) is 1.33. The molecule has 0 bridgehead atoms. The first-order valence-electron chi connectivity index (χ1n) is 5.73. The summed E-state index contributed by atoms with van der Waals surface area (Å²) in [5.74, 6) is 0. The number of nitrogens with zero attached hydrogens (tertiary/aromatic N) is 1. The predicted octanol–water partition coefficient (Wildman–Crippen LogP) is 3.74. The summed E-state index contributed by atoms with van der Waals surface area (Å²) >= 11 is 0. The van der Waals surface area contributed by atoms with Crippen molar-refractivity contribution in [1.82, 2.24) is 4.98 Å². The van der Waals surface area contributed by atoms with Crippen LogP contribution in [0.15, 0.2) is 11.1 Å². The van der Waals surface area contributed by atoms with E-state index < -0.39 is 0 Å². The van der Waals surface area contributed by atoms with Gasteiger partial charge in [-0.3, -0.25) is 4.99 Å². The molecule has 1 aromatic carbocycles. The van der Waals surface area contributed by atoms with Crippen LogP contribution < -0.4 is 0 Å². The van der Waals surface area contributed by atoms with Crippen molar-refractivity contribution in [2.45, 2.75) is 34.1 Å². The summed E-state index contributed by atoms with van der Waals surface area (Å²) in [6, 6.07) is 2.22. The summed E-state index contributed by atoms with van der Waals surface area (Å²) in [4.78, 5) is 8.14. The monoisotopic (exact) mass is 212 g/mol. The first kappa shape index (κ1) is 9.64. The summed E-state index contributed by atoms with van der Waals surface area (Å²) in [5.41, 5.74) is 9.04. The van der Waals surface area contributed by atoms with Gasteiger partial charge in [-0.05, 0) is 50.5 Å². The Hall–Kier alpha value is -1.57. The molecule has 2 heteroatoms. The summed E-state index contributed by atoms with van der Waals surface area (Å²) in [6.07, 6.45) is 1.01. The van der Waals surface area contributed by atoms with Gasteiger partial charge in [0.05, 0.1) is 5.69 Å². The number of aryl methyl sites for hydroxylation is 3. The van der Waals surface area contributed by atoms with E-state index >= 15 is 0 Å². The molecule has 0 fully saturated rings. The molecule has 0 unspecified atom stereocenters. The lowest BCUT2D eigenvalue weighted by molar-refractivity contribution is 1.25. The second kappa shape index (κ2) is 2.97. The molecular formula is C14H16N2. The molecule has 82 valence electrons. The molecule has 1 N–H and O–H groups in total. The van der Waals surface area contributed by atoms with E-state index in [1.807, 2.05) is 0 Å². The fraction of sp³-hybridized carbons (Fsp3) is 0.357. The van der Waals surface area contributed by atoms with Crippen molar-refractivity contribution < 1.29 is 0 Å². The first-order valence-corrected chi connectivity index (χ1v) is 5.73. The first-order chi connectivity index (χ1) is 7.58. The van der Waals surface area contributed by atoms with E-state index in [4.69, 9.17) is 0 Å². The van der Waals surface area contributed by atoms with Crippen LogP contribution in [-0.2, 0) is 6.42 Å². The zero-order chi connectivity index (χ0) is 11.4. The Morgan fingerprint density at radius 1 is 1.12 bits per heavy atom. The van der Waals surface area contributed by atoms with Gasteiger partial charge in [0.25, 0.3) is 0 Å². The van der Waals surface area contributed by atoms with E-state index in [1.54, 1.807) is 0 Å². The van der Waals surface area contributed by atoms with Gasteiger partial charge in [-0.2, -0.15) is 0 Å². The van der Waals surface area contributed by atoms with Crippen molar-refractivity contribution in [1.29, 1.82) is 0 Å². The average molecular weight is 212 g/mol. The number of aliphatic imine (C=N–C) groups is 1. The second-order valence-electron chi connectivity index (χ2n) is 4.84. The minimum absolute atomic E-state index is 1.01. The second-order valence-corrected chi connectivity index (χ2v) is 4.84. The number of aromatic amines is 1. The lowest BCUT2D eigenvalue weighted by Crippen LogP contribution is -1.93. The van der Waals surface area contributed by atoms with Crippen molar-refractivity contribution in [2.24, 2.45) is 4.99 Å². The van der Waals surface area contributed by atoms with Gasteiger partial charge in [0.1, 0.15) is 0 Å². The Labute approximate surface area is 95.4 Å². The van der Waals surface area contributed by atoms with Crippen molar-refractivity contribution in [3.05, 3.63) is 28.5 Å². The van der Waals surface area contributed by atoms with Crippen LogP contribution in [0.2, 0.25) is 0 Å². The van der Waals surface area contributed by atoms with Gasteiger partial charge in [0.2, 0.25) is 0 Å². The van der Waals surface area contributed by atoms with Crippen LogP contribution in [-0.4, -0.2) is 10.7 Å². The fourth-order valence-electron chi connectivity index (χ4n) is 2.72. The molecule has 0 atom stereocenters. The molecule has 2 aromatic rings. The van der Waals surface area contributed by atoms with Gasteiger partial charge >= 0.3 is 0 Å². The maximum atomic E-state index is 4.67. The molecule has 0 aliphatic carbocycles. The Kier molecular flexibility index (Phi) is 1.79. The molecular weight excluding hydrogens is 196 g/mol. The molecule has 1 aliphatic rings. The normalized spacial score (nSPS) is 14.4. The van der Waals surface area contributed by atoms with Crippen LogP contribution in [0.3, 0.4) is 0 Å². The highest BCUT2D eigenvalue weighted by molar-refractivity contribution is 6.00. The Morgan fingerprint density at radius 2 is 1.88 bits per heavy atom. The molecule has 0 spiro atoms. The number of rotatable bonds is 0. The third-order valence-electron chi connectivity index (χ3n) is 3.56. The molecule has 1 aromatic heterocycles. The van der Waals surface area contributed by atoms with Gasteiger partial charge in [0.15, 0.2) is 0 Å². The van der Waals surface area contributed by atoms with Crippen LogP contribution in [0.1, 0.15) is 29.3 Å². The molecule has 16 heavy (non-hydrogen) atoms. The molecule has 0 amide bonds. The summed E-state index contributed by atoms with van der Waals surface area (Å²) < 4.78 is 0. The number of hydrogen-bond acceptors (Lipinski definition) is 1. The lowest BCUT2D eigenvalue weighted by Gasteiger charge is -2.08. The number of benzene rings is 1. The van der Waals surface area contributed by atoms with Gasteiger partial charge in [-0.1, -0.05) is 0 Å². The standard InChI is InChI=1S/C14H16N2/c1-7-5-11-9(3)14-12(6-8(2)16-14)10(4)13(11)15-7/h5,15H,6H2,1-4H3. The summed E-state index contributed by atoms with van der Waals surface area (Å²) in [7, 11) is 0. The van der Waals surface area contributed by atoms with Gasteiger partial charge in [-0.25, -0.2) is 0 Å². The van der Waals surface area contributed by atoms with Gasteiger partial charge in [-0.15, -0.1) is 0 Å². The predicted molar refractivity (Wildman–Crippen MR) is 69.0 cm³/mol. The quantitative estimate of drug-likeness (QED) is 0.689. The Balaban J connectivity index is 2.47. The molecule has 2 nitrogen and oxygen atoms in total. The molecule has 0 radical (unpaired) electrons.